The van der Waals surface area contributed by atoms with Gasteiger partial charge in [-0.2, -0.15) is 0 Å². The summed E-state index contributed by atoms with van der Waals surface area (Å²) in [4.78, 5) is 13.5. The van der Waals surface area contributed by atoms with Crippen molar-refractivity contribution in [2.75, 3.05) is 18.4 Å². The van der Waals surface area contributed by atoms with Crippen LogP contribution in [0.25, 0.3) is 0 Å². The lowest BCUT2D eigenvalue weighted by Gasteiger charge is -2.20. The summed E-state index contributed by atoms with van der Waals surface area (Å²) in [7, 11) is 0. The number of hydrogen-bond acceptors (Lipinski definition) is 1. The predicted octanol–water partition coefficient (Wildman–Crippen LogP) is 3.21. The number of benzene rings is 1. The predicted molar refractivity (Wildman–Crippen MR) is 66.3 cm³/mol. The average molecular weight is 306 g/mol. The lowest BCUT2D eigenvalue weighted by atomic mass is 10.1. The summed E-state index contributed by atoms with van der Waals surface area (Å²) < 4.78 is 26.4. The van der Waals surface area contributed by atoms with E-state index in [1.165, 1.54) is 4.90 Å². The molecule has 1 rings (SSSR count). The number of alkyl halides is 1. The molecule has 0 spiro atoms. The van der Waals surface area contributed by atoms with Crippen LogP contribution in [0.2, 0.25) is 0 Å². The standard InChI is InChI=1S/C12H14BrF2NO/c1-2-16(7-3-6-13)12(17)10-8-9(14)4-5-11(10)15/h4-5,8H,2-3,6-7H2,1H3. The Morgan fingerprint density at radius 3 is 2.71 bits per heavy atom. The fourth-order valence-electron chi connectivity index (χ4n) is 1.49. The molecule has 1 amide bonds. The van der Waals surface area contributed by atoms with Crippen LogP contribution in [0, 0.1) is 11.6 Å². The van der Waals surface area contributed by atoms with Gasteiger partial charge in [-0.25, -0.2) is 8.78 Å². The zero-order chi connectivity index (χ0) is 12.8. The van der Waals surface area contributed by atoms with Crippen molar-refractivity contribution in [1.82, 2.24) is 4.90 Å². The van der Waals surface area contributed by atoms with Crippen LogP contribution in [-0.4, -0.2) is 29.2 Å². The molecule has 0 atom stereocenters. The molecule has 94 valence electrons. The molecule has 0 heterocycles. The molecule has 1 aromatic rings. The maximum atomic E-state index is 13.4. The molecule has 0 saturated carbocycles. The molecule has 0 aliphatic rings. The van der Waals surface area contributed by atoms with E-state index in [4.69, 9.17) is 0 Å². The monoisotopic (exact) mass is 305 g/mol. The van der Waals surface area contributed by atoms with Crippen molar-refractivity contribution in [1.29, 1.82) is 0 Å². The quantitative estimate of drug-likeness (QED) is 0.765. The minimum Gasteiger partial charge on any atom is -0.339 e. The Morgan fingerprint density at radius 2 is 2.12 bits per heavy atom. The SMILES string of the molecule is CCN(CCCBr)C(=O)c1cc(F)ccc1F. The molecule has 1 aromatic carbocycles. The van der Waals surface area contributed by atoms with Gasteiger partial charge in [-0.3, -0.25) is 4.79 Å². The van der Waals surface area contributed by atoms with Crippen LogP contribution in [0.3, 0.4) is 0 Å². The molecular weight excluding hydrogens is 292 g/mol. The molecule has 0 saturated heterocycles. The van der Waals surface area contributed by atoms with Gasteiger partial charge >= 0.3 is 0 Å². The number of hydrogen-bond donors (Lipinski definition) is 0. The first kappa shape index (κ1) is 14.1. The second-order valence-corrected chi connectivity index (χ2v) is 4.34. The van der Waals surface area contributed by atoms with Gasteiger partial charge in [0.1, 0.15) is 11.6 Å². The molecule has 0 aliphatic carbocycles. The van der Waals surface area contributed by atoms with E-state index in [0.717, 1.165) is 30.0 Å². The maximum Gasteiger partial charge on any atom is 0.256 e. The Kier molecular flexibility index (Phi) is 5.55. The Hall–Kier alpha value is -0.970. The Bertz CT molecular complexity index is 398. The fourth-order valence-corrected chi connectivity index (χ4v) is 1.74. The van der Waals surface area contributed by atoms with Crippen molar-refractivity contribution in [3.8, 4) is 0 Å². The lowest BCUT2D eigenvalue weighted by molar-refractivity contribution is 0.0760. The summed E-state index contributed by atoms with van der Waals surface area (Å²) in [6, 6.07) is 2.91. The van der Waals surface area contributed by atoms with E-state index >= 15 is 0 Å². The van der Waals surface area contributed by atoms with E-state index < -0.39 is 17.5 Å². The van der Waals surface area contributed by atoms with Crippen molar-refractivity contribution >= 4 is 21.8 Å². The molecule has 0 unspecified atom stereocenters. The zero-order valence-corrected chi connectivity index (χ0v) is 11.1. The van der Waals surface area contributed by atoms with Crippen LogP contribution >= 0.6 is 15.9 Å². The minimum atomic E-state index is -0.686. The van der Waals surface area contributed by atoms with Crippen molar-refractivity contribution in [3.63, 3.8) is 0 Å². The van der Waals surface area contributed by atoms with E-state index in [1.54, 1.807) is 0 Å². The highest BCUT2D eigenvalue weighted by atomic mass is 79.9. The molecule has 0 aromatic heterocycles. The molecule has 0 aliphatic heterocycles. The first-order valence-electron chi connectivity index (χ1n) is 5.40. The summed E-state index contributed by atoms with van der Waals surface area (Å²) in [6.45, 7) is 2.81. The Morgan fingerprint density at radius 1 is 1.41 bits per heavy atom. The third-order valence-corrected chi connectivity index (χ3v) is 2.95. The third-order valence-electron chi connectivity index (χ3n) is 2.39. The number of carbonyl (C=O) groups is 1. The van der Waals surface area contributed by atoms with Gasteiger partial charge in [-0.1, -0.05) is 15.9 Å². The molecule has 5 heteroatoms. The van der Waals surface area contributed by atoms with Crippen LogP contribution in [-0.2, 0) is 0 Å². The normalized spacial score (nSPS) is 10.4. The van der Waals surface area contributed by atoms with Crippen molar-refractivity contribution in [2.24, 2.45) is 0 Å². The van der Waals surface area contributed by atoms with E-state index in [1.807, 2.05) is 6.92 Å². The second-order valence-electron chi connectivity index (χ2n) is 3.55. The third kappa shape index (κ3) is 3.77. The molecule has 0 N–H and O–H groups in total. The van der Waals surface area contributed by atoms with Gasteiger partial charge in [0.15, 0.2) is 0 Å². The largest absolute Gasteiger partial charge is 0.339 e. The molecule has 0 fully saturated rings. The van der Waals surface area contributed by atoms with E-state index in [-0.39, 0.29) is 5.56 Å². The van der Waals surface area contributed by atoms with Crippen LogP contribution in [0.4, 0.5) is 8.78 Å². The number of carbonyl (C=O) groups excluding carboxylic acids is 1. The first-order valence-corrected chi connectivity index (χ1v) is 6.52. The summed E-state index contributed by atoms with van der Waals surface area (Å²) >= 11 is 3.27. The molecule has 2 nitrogen and oxygen atoms in total. The summed E-state index contributed by atoms with van der Waals surface area (Å²) in [5.41, 5.74) is -0.207. The smallest absolute Gasteiger partial charge is 0.256 e. The van der Waals surface area contributed by atoms with E-state index in [0.29, 0.717) is 13.1 Å². The highest BCUT2D eigenvalue weighted by Crippen LogP contribution is 2.13. The number of amides is 1. The number of nitrogens with zero attached hydrogens (tertiary/aromatic N) is 1. The van der Waals surface area contributed by atoms with Gasteiger partial charge in [0.25, 0.3) is 5.91 Å². The van der Waals surface area contributed by atoms with E-state index in [9.17, 15) is 13.6 Å². The Balaban J connectivity index is 2.89. The lowest BCUT2D eigenvalue weighted by Crippen LogP contribution is -2.32. The van der Waals surface area contributed by atoms with Gasteiger partial charge in [0, 0.05) is 18.4 Å². The van der Waals surface area contributed by atoms with E-state index in [2.05, 4.69) is 15.9 Å². The molecular formula is C12H14BrF2NO. The van der Waals surface area contributed by atoms with Crippen LogP contribution < -0.4 is 0 Å². The second kappa shape index (κ2) is 6.69. The van der Waals surface area contributed by atoms with Gasteiger partial charge in [-0.05, 0) is 31.5 Å². The van der Waals surface area contributed by atoms with Gasteiger partial charge < -0.3 is 4.90 Å². The van der Waals surface area contributed by atoms with Gasteiger partial charge in [0.05, 0.1) is 5.56 Å². The van der Waals surface area contributed by atoms with Crippen molar-refractivity contribution in [3.05, 3.63) is 35.4 Å². The van der Waals surface area contributed by atoms with Crippen molar-refractivity contribution < 1.29 is 13.6 Å². The topological polar surface area (TPSA) is 20.3 Å². The maximum absolute atomic E-state index is 13.4. The molecule has 0 bridgehead atoms. The molecule has 0 radical (unpaired) electrons. The highest BCUT2D eigenvalue weighted by Gasteiger charge is 2.18. The number of rotatable bonds is 5. The fraction of sp³-hybridized carbons (Fsp3) is 0.417. The first-order chi connectivity index (χ1) is 8.10. The minimum absolute atomic E-state index is 0.207. The molecule has 17 heavy (non-hydrogen) atoms. The zero-order valence-electron chi connectivity index (χ0n) is 9.55. The average Bonchev–Trinajstić information content (AvgIpc) is 2.33. The van der Waals surface area contributed by atoms with Gasteiger partial charge in [0.2, 0.25) is 0 Å². The van der Waals surface area contributed by atoms with Gasteiger partial charge in [-0.15, -0.1) is 0 Å². The summed E-state index contributed by atoms with van der Waals surface area (Å²) in [5.74, 6) is -1.76. The van der Waals surface area contributed by atoms with Crippen LogP contribution in [0.5, 0.6) is 0 Å². The Labute approximate surface area is 108 Å². The highest BCUT2D eigenvalue weighted by molar-refractivity contribution is 9.09. The number of halogens is 3. The summed E-state index contributed by atoms with van der Waals surface area (Å²) in [6.07, 6.45) is 0.774. The van der Waals surface area contributed by atoms with Crippen LogP contribution in [0.15, 0.2) is 18.2 Å². The van der Waals surface area contributed by atoms with Crippen LogP contribution in [0.1, 0.15) is 23.7 Å². The summed E-state index contributed by atoms with van der Waals surface area (Å²) in [5, 5.41) is 0.766. The van der Waals surface area contributed by atoms with Crippen molar-refractivity contribution in [2.45, 2.75) is 13.3 Å².